The first-order valence-corrected chi connectivity index (χ1v) is 12.0. The highest BCUT2D eigenvalue weighted by Gasteiger charge is 2.35. The normalized spacial score (nSPS) is 14.5. The molecule has 0 atom stereocenters. The predicted octanol–water partition coefficient (Wildman–Crippen LogP) is 6.03. The smallest absolute Gasteiger partial charge is 0.270 e. The van der Waals surface area contributed by atoms with Crippen LogP contribution in [0.5, 0.6) is 17.2 Å². The summed E-state index contributed by atoms with van der Waals surface area (Å²) in [6, 6.07) is 27.7. The average Bonchev–Trinajstić information content (AvgIpc) is 2.91. The number of para-hydroxylation sites is 1. The van der Waals surface area contributed by atoms with E-state index >= 15 is 0 Å². The van der Waals surface area contributed by atoms with Crippen LogP contribution in [0.4, 0.5) is 5.69 Å². The average molecular weight is 507 g/mol. The molecule has 0 unspecified atom stereocenters. The Kier molecular flexibility index (Phi) is 6.78. The Morgan fingerprint density at radius 1 is 0.865 bits per heavy atom. The number of hydrogen-bond donors (Lipinski definition) is 1. The number of hydrogen-bond acceptors (Lipinski definition) is 5. The summed E-state index contributed by atoms with van der Waals surface area (Å²) in [7, 11) is 0. The van der Waals surface area contributed by atoms with Crippen molar-refractivity contribution in [3.63, 3.8) is 0 Å². The quantitative estimate of drug-likeness (QED) is 0.144. The molecule has 4 aromatic carbocycles. The summed E-state index contributed by atoms with van der Waals surface area (Å²) in [6.07, 6.45) is 3.19. The van der Waals surface area contributed by atoms with Gasteiger partial charge in [-0.15, -0.1) is 0 Å². The molecule has 2 amide bonds. The lowest BCUT2D eigenvalue weighted by Crippen LogP contribution is -2.54. The third-order valence-electron chi connectivity index (χ3n) is 5.75. The fraction of sp³-hybridized carbons (Fsp3) is 0.0333. The van der Waals surface area contributed by atoms with Gasteiger partial charge in [0.1, 0.15) is 29.4 Å². The minimum absolute atomic E-state index is 0.00456. The summed E-state index contributed by atoms with van der Waals surface area (Å²) >= 11 is 5.36. The summed E-state index contributed by atoms with van der Waals surface area (Å²) < 4.78 is 11.7. The van der Waals surface area contributed by atoms with Crippen LogP contribution in [0, 0.1) is 0 Å². The maximum atomic E-state index is 13.6. The molecule has 4 aromatic rings. The van der Waals surface area contributed by atoms with Crippen molar-refractivity contribution in [2.75, 3.05) is 11.5 Å². The molecule has 1 aliphatic rings. The lowest BCUT2D eigenvalue weighted by molar-refractivity contribution is -0.122. The largest absolute Gasteiger partial charge is 0.489 e. The highest BCUT2D eigenvalue weighted by atomic mass is 32.1. The molecule has 0 radical (unpaired) electrons. The van der Waals surface area contributed by atoms with E-state index in [-0.39, 0.29) is 17.3 Å². The van der Waals surface area contributed by atoms with Crippen LogP contribution >= 0.6 is 12.2 Å². The van der Waals surface area contributed by atoms with Gasteiger partial charge in [0.25, 0.3) is 11.8 Å². The number of anilines is 1. The number of carbonyl (C=O) groups excluding carboxylic acids is 2. The number of nitrogens with zero attached hydrogens (tertiary/aromatic N) is 1. The molecule has 0 spiro atoms. The van der Waals surface area contributed by atoms with E-state index in [1.54, 1.807) is 36.4 Å². The summed E-state index contributed by atoms with van der Waals surface area (Å²) in [5.41, 5.74) is 1.07. The molecule has 1 saturated heterocycles. The number of carbonyl (C=O) groups is 2. The van der Waals surface area contributed by atoms with E-state index < -0.39 is 11.8 Å². The first kappa shape index (κ1) is 24.0. The summed E-state index contributed by atoms with van der Waals surface area (Å²) in [6.45, 7) is 3.98. The fourth-order valence-electron chi connectivity index (χ4n) is 4.02. The minimum Gasteiger partial charge on any atom is -0.489 e. The van der Waals surface area contributed by atoms with Gasteiger partial charge in [-0.25, -0.2) is 0 Å². The van der Waals surface area contributed by atoms with Crippen molar-refractivity contribution in [3.8, 4) is 17.2 Å². The van der Waals surface area contributed by atoms with Crippen LogP contribution in [0.2, 0.25) is 0 Å². The number of thiocarbonyl (C=S) groups is 1. The highest BCUT2D eigenvalue weighted by Crippen LogP contribution is 2.32. The van der Waals surface area contributed by atoms with Crippen LogP contribution in [0.1, 0.15) is 5.56 Å². The van der Waals surface area contributed by atoms with Gasteiger partial charge < -0.3 is 9.47 Å². The number of fused-ring (bicyclic) bond motifs is 1. The zero-order valence-corrected chi connectivity index (χ0v) is 20.5. The zero-order chi connectivity index (χ0) is 25.8. The predicted molar refractivity (Wildman–Crippen MR) is 149 cm³/mol. The number of nitrogens with one attached hydrogen (secondary N) is 1. The molecule has 6 nitrogen and oxygen atoms in total. The molecule has 7 heteroatoms. The van der Waals surface area contributed by atoms with Crippen LogP contribution in [0.15, 0.2) is 109 Å². The maximum absolute atomic E-state index is 13.6. The molecule has 37 heavy (non-hydrogen) atoms. The molecule has 0 saturated carbocycles. The maximum Gasteiger partial charge on any atom is 0.270 e. The Morgan fingerprint density at radius 3 is 2.32 bits per heavy atom. The molecular weight excluding hydrogens is 484 g/mol. The molecule has 0 aliphatic carbocycles. The van der Waals surface area contributed by atoms with Crippen molar-refractivity contribution in [2.24, 2.45) is 0 Å². The highest BCUT2D eigenvalue weighted by molar-refractivity contribution is 7.80. The molecule has 182 valence electrons. The van der Waals surface area contributed by atoms with Crippen LogP contribution in [-0.2, 0) is 9.59 Å². The van der Waals surface area contributed by atoms with Gasteiger partial charge in [-0.1, -0.05) is 61.2 Å². The van der Waals surface area contributed by atoms with E-state index in [0.717, 1.165) is 10.8 Å². The van der Waals surface area contributed by atoms with Gasteiger partial charge in [0.2, 0.25) is 0 Å². The molecule has 0 bridgehead atoms. The first-order chi connectivity index (χ1) is 18.0. The van der Waals surface area contributed by atoms with Gasteiger partial charge in [-0.3, -0.25) is 19.8 Å². The van der Waals surface area contributed by atoms with Gasteiger partial charge in [0.05, 0.1) is 5.69 Å². The van der Waals surface area contributed by atoms with Gasteiger partial charge >= 0.3 is 0 Å². The van der Waals surface area contributed by atoms with Crippen molar-refractivity contribution >= 4 is 51.7 Å². The summed E-state index contributed by atoms with van der Waals surface area (Å²) in [5, 5.41) is 4.44. The summed E-state index contributed by atoms with van der Waals surface area (Å²) in [5.74, 6) is 0.728. The Labute approximate surface area is 219 Å². The zero-order valence-electron chi connectivity index (χ0n) is 19.7. The van der Waals surface area contributed by atoms with E-state index in [9.17, 15) is 9.59 Å². The second-order valence-corrected chi connectivity index (χ2v) is 8.55. The van der Waals surface area contributed by atoms with E-state index in [4.69, 9.17) is 21.7 Å². The third-order valence-corrected chi connectivity index (χ3v) is 6.04. The molecule has 1 heterocycles. The Hall–Kier alpha value is -4.75. The van der Waals surface area contributed by atoms with Crippen molar-refractivity contribution in [1.29, 1.82) is 0 Å². The Balaban J connectivity index is 1.50. The molecule has 1 N–H and O–H groups in total. The molecular formula is C30H22N2O4S. The monoisotopic (exact) mass is 506 g/mol. The number of rotatable bonds is 7. The minimum atomic E-state index is -0.571. The van der Waals surface area contributed by atoms with Crippen LogP contribution in [0.3, 0.4) is 0 Å². The van der Waals surface area contributed by atoms with Crippen LogP contribution in [0.25, 0.3) is 16.8 Å². The second kappa shape index (κ2) is 10.5. The van der Waals surface area contributed by atoms with E-state index in [1.165, 1.54) is 4.90 Å². The number of benzene rings is 4. The number of amides is 2. The van der Waals surface area contributed by atoms with Gasteiger partial charge in [0, 0.05) is 5.56 Å². The Morgan fingerprint density at radius 2 is 1.57 bits per heavy atom. The van der Waals surface area contributed by atoms with Gasteiger partial charge in [-0.05, 0) is 71.5 Å². The standard InChI is InChI=1S/C30H22N2O4S/c1-2-18-35-27-17-12-20-8-6-7-11-24(20)25(27)19-26-28(33)31-30(37)32(29(26)34)21-13-15-23(16-14-21)36-22-9-4-3-5-10-22/h2-17,19H,1,18H2,(H,31,33,37). The van der Waals surface area contributed by atoms with Crippen LogP contribution in [-0.4, -0.2) is 23.5 Å². The molecule has 5 rings (SSSR count). The fourth-order valence-corrected chi connectivity index (χ4v) is 4.30. The van der Waals surface area contributed by atoms with E-state index in [0.29, 0.717) is 28.5 Å². The lowest BCUT2D eigenvalue weighted by Gasteiger charge is -2.29. The van der Waals surface area contributed by atoms with Gasteiger partial charge in [-0.2, -0.15) is 0 Å². The molecule has 1 aliphatic heterocycles. The second-order valence-electron chi connectivity index (χ2n) is 8.17. The SMILES string of the molecule is C=CCOc1ccc2ccccc2c1C=C1C(=O)NC(=S)N(c2ccc(Oc3ccccc3)cc2)C1=O. The Bertz CT molecular complexity index is 1550. The molecule has 1 fully saturated rings. The van der Waals surface area contributed by atoms with Crippen molar-refractivity contribution in [2.45, 2.75) is 0 Å². The lowest BCUT2D eigenvalue weighted by atomic mass is 9.99. The van der Waals surface area contributed by atoms with Crippen molar-refractivity contribution in [3.05, 3.63) is 115 Å². The van der Waals surface area contributed by atoms with Crippen LogP contribution < -0.4 is 19.7 Å². The third kappa shape index (κ3) is 4.98. The van der Waals surface area contributed by atoms with Crippen molar-refractivity contribution < 1.29 is 19.1 Å². The first-order valence-electron chi connectivity index (χ1n) is 11.5. The van der Waals surface area contributed by atoms with Crippen molar-refractivity contribution in [1.82, 2.24) is 5.32 Å². The van der Waals surface area contributed by atoms with Gasteiger partial charge in [0.15, 0.2) is 5.11 Å². The molecule has 0 aromatic heterocycles. The topological polar surface area (TPSA) is 67.9 Å². The van der Waals surface area contributed by atoms with E-state index in [1.807, 2.05) is 66.7 Å². The number of ether oxygens (including phenoxy) is 2. The van der Waals surface area contributed by atoms with E-state index in [2.05, 4.69) is 11.9 Å². The summed E-state index contributed by atoms with van der Waals surface area (Å²) in [4.78, 5) is 27.8.